The Morgan fingerprint density at radius 2 is 2.12 bits per heavy atom. The van der Waals surface area contributed by atoms with Gasteiger partial charge in [0.1, 0.15) is 0 Å². The van der Waals surface area contributed by atoms with E-state index in [0.29, 0.717) is 17.7 Å². The smallest absolute Gasteiger partial charge is 0.226 e. The summed E-state index contributed by atoms with van der Waals surface area (Å²) >= 11 is 0. The Morgan fingerprint density at radius 1 is 1.38 bits per heavy atom. The number of amides is 1. The summed E-state index contributed by atoms with van der Waals surface area (Å²) < 4.78 is 0. The van der Waals surface area contributed by atoms with Gasteiger partial charge in [-0.2, -0.15) is 0 Å². The molecular weight excluding hydrogens is 200 g/mol. The predicted octanol–water partition coefficient (Wildman–Crippen LogP) is 1.37. The molecule has 3 aliphatic rings. The summed E-state index contributed by atoms with van der Waals surface area (Å²) in [5, 5.41) is 0. The Morgan fingerprint density at radius 3 is 2.62 bits per heavy atom. The number of carbonyl (C=O) groups excluding carboxylic acids is 1. The molecule has 3 unspecified atom stereocenters. The minimum Gasteiger partial charge on any atom is -0.339 e. The lowest BCUT2D eigenvalue weighted by Gasteiger charge is -2.48. The third kappa shape index (κ3) is 1.48. The lowest BCUT2D eigenvalue weighted by Crippen LogP contribution is -2.69. The highest BCUT2D eigenvalue weighted by Gasteiger charge is 2.48. The number of nitrogens with two attached hydrogens (primary N) is 1. The van der Waals surface area contributed by atoms with Crippen molar-refractivity contribution in [3.63, 3.8) is 0 Å². The van der Waals surface area contributed by atoms with Gasteiger partial charge in [-0.15, -0.1) is 0 Å². The highest BCUT2D eigenvalue weighted by atomic mass is 16.2. The molecule has 3 nitrogen and oxygen atoms in total. The van der Waals surface area contributed by atoms with Gasteiger partial charge in [0.05, 0.1) is 5.54 Å². The van der Waals surface area contributed by atoms with E-state index >= 15 is 0 Å². The van der Waals surface area contributed by atoms with Crippen LogP contribution in [0.1, 0.15) is 39.0 Å². The second-order valence-corrected chi connectivity index (χ2v) is 6.19. The first kappa shape index (κ1) is 10.6. The van der Waals surface area contributed by atoms with Crippen LogP contribution in [0.2, 0.25) is 0 Å². The van der Waals surface area contributed by atoms with E-state index in [1.807, 2.05) is 4.90 Å². The van der Waals surface area contributed by atoms with Gasteiger partial charge in [0.2, 0.25) is 5.91 Å². The van der Waals surface area contributed by atoms with E-state index in [0.717, 1.165) is 31.8 Å². The highest BCUT2D eigenvalue weighted by molar-refractivity contribution is 5.81. The molecule has 1 amide bonds. The first-order chi connectivity index (χ1) is 7.61. The predicted molar refractivity (Wildman–Crippen MR) is 62.7 cm³/mol. The maximum absolute atomic E-state index is 12.3. The molecule has 3 heteroatoms. The summed E-state index contributed by atoms with van der Waals surface area (Å²) in [5.41, 5.74) is 6.03. The number of carbonyl (C=O) groups is 1. The molecular formula is C13H22N2O. The summed E-state index contributed by atoms with van der Waals surface area (Å²) in [6.45, 7) is 3.69. The van der Waals surface area contributed by atoms with Crippen LogP contribution in [0.15, 0.2) is 0 Å². The van der Waals surface area contributed by atoms with Gasteiger partial charge in [-0.05, 0) is 37.5 Å². The molecule has 0 spiro atoms. The van der Waals surface area contributed by atoms with Crippen molar-refractivity contribution in [1.82, 2.24) is 4.90 Å². The van der Waals surface area contributed by atoms with E-state index in [-0.39, 0.29) is 5.54 Å². The molecule has 3 fully saturated rings. The van der Waals surface area contributed by atoms with Gasteiger partial charge in [-0.3, -0.25) is 4.79 Å². The van der Waals surface area contributed by atoms with Crippen molar-refractivity contribution in [2.45, 2.75) is 44.6 Å². The average Bonchev–Trinajstić information content (AvgIpc) is 2.85. The molecule has 0 aromatic heterocycles. The number of likely N-dealkylation sites (tertiary alicyclic amines) is 1. The quantitative estimate of drug-likeness (QED) is 0.767. The number of nitrogens with zero attached hydrogens (tertiary/aromatic N) is 1. The zero-order valence-corrected chi connectivity index (χ0v) is 10.1. The number of rotatable bonds is 2. The SMILES string of the molecule is CCC1(N)CN(C(=O)C2CC3CCC2C3)C1. The molecule has 1 saturated heterocycles. The standard InChI is InChI=1S/C13H22N2O/c1-2-13(14)7-15(8-13)12(16)11-6-9-3-4-10(11)5-9/h9-11H,2-8,14H2,1H3. The summed E-state index contributed by atoms with van der Waals surface area (Å²) in [5.74, 6) is 2.31. The molecule has 2 bridgehead atoms. The van der Waals surface area contributed by atoms with Crippen LogP contribution in [0, 0.1) is 17.8 Å². The van der Waals surface area contributed by atoms with Crippen molar-refractivity contribution >= 4 is 5.91 Å². The summed E-state index contributed by atoms with van der Waals surface area (Å²) in [6, 6.07) is 0. The van der Waals surface area contributed by atoms with Crippen molar-refractivity contribution in [2.75, 3.05) is 13.1 Å². The molecule has 16 heavy (non-hydrogen) atoms. The lowest BCUT2D eigenvalue weighted by molar-refractivity contribution is -0.145. The molecule has 3 atom stereocenters. The molecule has 90 valence electrons. The molecule has 1 heterocycles. The fourth-order valence-corrected chi connectivity index (χ4v) is 3.88. The largest absolute Gasteiger partial charge is 0.339 e. The third-order valence-corrected chi connectivity index (χ3v) is 5.08. The van der Waals surface area contributed by atoms with Crippen molar-refractivity contribution in [3.8, 4) is 0 Å². The zero-order chi connectivity index (χ0) is 11.3. The lowest BCUT2D eigenvalue weighted by atomic mass is 9.83. The summed E-state index contributed by atoms with van der Waals surface area (Å²) in [4.78, 5) is 14.3. The normalized spacial score (nSPS) is 39.9. The van der Waals surface area contributed by atoms with Crippen LogP contribution in [-0.4, -0.2) is 29.4 Å². The maximum Gasteiger partial charge on any atom is 0.226 e. The van der Waals surface area contributed by atoms with Gasteiger partial charge in [0, 0.05) is 19.0 Å². The van der Waals surface area contributed by atoms with Gasteiger partial charge in [-0.1, -0.05) is 13.3 Å². The number of hydrogen-bond donors (Lipinski definition) is 1. The van der Waals surface area contributed by atoms with Crippen LogP contribution >= 0.6 is 0 Å². The molecule has 3 rings (SSSR count). The van der Waals surface area contributed by atoms with Crippen LogP contribution in [0.5, 0.6) is 0 Å². The minimum atomic E-state index is -0.0761. The second-order valence-electron chi connectivity index (χ2n) is 6.19. The van der Waals surface area contributed by atoms with Gasteiger partial charge < -0.3 is 10.6 Å². The Kier molecular flexibility index (Phi) is 2.29. The average molecular weight is 222 g/mol. The van der Waals surface area contributed by atoms with Crippen LogP contribution in [0.4, 0.5) is 0 Å². The summed E-state index contributed by atoms with van der Waals surface area (Å²) in [6.07, 6.45) is 6.10. The van der Waals surface area contributed by atoms with Crippen LogP contribution in [0.3, 0.4) is 0 Å². The van der Waals surface area contributed by atoms with Crippen LogP contribution in [0.25, 0.3) is 0 Å². The minimum absolute atomic E-state index is 0.0761. The van der Waals surface area contributed by atoms with Gasteiger partial charge >= 0.3 is 0 Å². The third-order valence-electron chi connectivity index (χ3n) is 5.08. The Bertz CT molecular complexity index is 309. The van der Waals surface area contributed by atoms with Crippen LogP contribution in [-0.2, 0) is 4.79 Å². The van der Waals surface area contributed by atoms with E-state index in [2.05, 4.69) is 6.92 Å². The monoisotopic (exact) mass is 222 g/mol. The van der Waals surface area contributed by atoms with Gasteiger partial charge in [0.25, 0.3) is 0 Å². The molecule has 2 saturated carbocycles. The van der Waals surface area contributed by atoms with Gasteiger partial charge in [-0.25, -0.2) is 0 Å². The first-order valence-electron chi connectivity index (χ1n) is 6.69. The molecule has 0 radical (unpaired) electrons. The fraction of sp³-hybridized carbons (Fsp3) is 0.923. The summed E-state index contributed by atoms with van der Waals surface area (Å²) in [7, 11) is 0. The van der Waals surface area contributed by atoms with E-state index in [1.165, 1.54) is 19.3 Å². The molecule has 0 aromatic rings. The van der Waals surface area contributed by atoms with E-state index in [4.69, 9.17) is 5.73 Å². The van der Waals surface area contributed by atoms with Crippen molar-refractivity contribution in [3.05, 3.63) is 0 Å². The maximum atomic E-state index is 12.3. The van der Waals surface area contributed by atoms with E-state index in [9.17, 15) is 4.79 Å². The van der Waals surface area contributed by atoms with E-state index < -0.39 is 0 Å². The van der Waals surface area contributed by atoms with Gasteiger partial charge in [0.15, 0.2) is 0 Å². The van der Waals surface area contributed by atoms with Crippen molar-refractivity contribution in [2.24, 2.45) is 23.5 Å². The zero-order valence-electron chi connectivity index (χ0n) is 10.1. The van der Waals surface area contributed by atoms with E-state index in [1.54, 1.807) is 0 Å². The Labute approximate surface area is 97.4 Å². The first-order valence-corrected chi connectivity index (χ1v) is 6.69. The number of hydrogen-bond acceptors (Lipinski definition) is 2. The molecule has 2 N–H and O–H groups in total. The second kappa shape index (κ2) is 3.46. The molecule has 1 aliphatic heterocycles. The Hall–Kier alpha value is -0.570. The molecule has 2 aliphatic carbocycles. The van der Waals surface area contributed by atoms with Crippen molar-refractivity contribution < 1.29 is 4.79 Å². The topological polar surface area (TPSA) is 46.3 Å². The fourth-order valence-electron chi connectivity index (χ4n) is 3.88. The molecule has 0 aromatic carbocycles. The Balaban J connectivity index is 1.59. The van der Waals surface area contributed by atoms with Crippen molar-refractivity contribution in [1.29, 1.82) is 0 Å². The highest BCUT2D eigenvalue weighted by Crippen LogP contribution is 2.49. The number of fused-ring (bicyclic) bond motifs is 2. The van der Waals surface area contributed by atoms with Crippen LogP contribution < -0.4 is 5.73 Å².